The molecule has 3 aromatic rings. The van der Waals surface area contributed by atoms with E-state index >= 15 is 0 Å². The van der Waals surface area contributed by atoms with Gasteiger partial charge < -0.3 is 15.3 Å². The molecule has 180 valence electrons. The molecule has 9 heteroatoms. The molecule has 1 aliphatic rings. The second kappa shape index (κ2) is 9.80. The molecule has 0 spiro atoms. The Labute approximate surface area is 199 Å². The number of hydrogen-bond donors (Lipinski definition) is 2. The Balaban J connectivity index is 1.33. The minimum atomic E-state index is -1.05. The quantitative estimate of drug-likeness (QED) is 0.557. The van der Waals surface area contributed by atoms with Gasteiger partial charge in [-0.05, 0) is 31.2 Å². The van der Waals surface area contributed by atoms with Gasteiger partial charge in [-0.3, -0.25) is 18.8 Å². The van der Waals surface area contributed by atoms with Crippen LogP contribution in [0.4, 0.5) is 11.5 Å². The molecule has 0 bridgehead atoms. The van der Waals surface area contributed by atoms with E-state index in [1.807, 2.05) is 55.4 Å². The number of aryl methyl sites for hydroxylation is 2. The summed E-state index contributed by atoms with van der Waals surface area (Å²) in [6, 6.07) is 11.4. The van der Waals surface area contributed by atoms with Gasteiger partial charge in [-0.2, -0.15) is 5.10 Å². The molecule has 3 heterocycles. The molecule has 0 saturated carbocycles. The molecule has 2 aromatic heterocycles. The van der Waals surface area contributed by atoms with Crippen LogP contribution in [0, 0.1) is 6.92 Å². The van der Waals surface area contributed by atoms with E-state index in [9.17, 15) is 14.7 Å². The number of aromatic nitrogens is 4. The maximum Gasteiger partial charge on any atom is 0.255 e. The van der Waals surface area contributed by atoms with Crippen molar-refractivity contribution in [3.05, 3.63) is 70.5 Å². The van der Waals surface area contributed by atoms with Crippen LogP contribution < -0.4 is 10.9 Å². The number of carbonyl (C=O) groups excluding carboxylic acids is 1. The number of piperidine rings is 1. The number of rotatable bonds is 7. The topological polar surface area (TPSA) is 105 Å². The first-order valence-electron chi connectivity index (χ1n) is 11.6. The molecule has 1 fully saturated rings. The molecule has 0 aliphatic carbocycles. The smallest absolute Gasteiger partial charge is 0.255 e. The van der Waals surface area contributed by atoms with Crippen LogP contribution in [-0.2, 0) is 18.4 Å². The van der Waals surface area contributed by atoms with Gasteiger partial charge in [0.15, 0.2) is 0 Å². The maximum atomic E-state index is 12.8. The second-order valence-electron chi connectivity index (χ2n) is 9.29. The Morgan fingerprint density at radius 2 is 1.94 bits per heavy atom. The molecule has 0 unspecified atom stereocenters. The van der Waals surface area contributed by atoms with Crippen molar-refractivity contribution in [3.63, 3.8) is 0 Å². The van der Waals surface area contributed by atoms with Crippen LogP contribution in [0.5, 0.6) is 0 Å². The van der Waals surface area contributed by atoms with E-state index in [0.717, 1.165) is 16.9 Å². The SMILES string of the molecule is Cc1nn(C)cc1Nc1cc(=O)n(CC2(O)CCN(C(=O)C[C@@H](C)c3ccccc3)CC2)cn1. The summed E-state index contributed by atoms with van der Waals surface area (Å²) in [5.41, 5.74) is 1.43. The highest BCUT2D eigenvalue weighted by Crippen LogP contribution is 2.26. The highest BCUT2D eigenvalue weighted by atomic mass is 16.3. The van der Waals surface area contributed by atoms with E-state index in [2.05, 4.69) is 22.3 Å². The number of likely N-dealkylation sites (tertiary alicyclic amines) is 1. The van der Waals surface area contributed by atoms with Crippen molar-refractivity contribution in [3.8, 4) is 0 Å². The van der Waals surface area contributed by atoms with Crippen molar-refractivity contribution >= 4 is 17.4 Å². The molecular weight excluding hydrogens is 432 g/mol. The summed E-state index contributed by atoms with van der Waals surface area (Å²) in [5, 5.41) is 18.5. The van der Waals surface area contributed by atoms with Crippen molar-refractivity contribution in [1.29, 1.82) is 0 Å². The van der Waals surface area contributed by atoms with Crippen LogP contribution in [0.2, 0.25) is 0 Å². The molecule has 0 radical (unpaired) electrons. The molecule has 2 N–H and O–H groups in total. The number of nitrogens with zero attached hydrogens (tertiary/aromatic N) is 5. The fourth-order valence-corrected chi connectivity index (χ4v) is 4.41. The summed E-state index contributed by atoms with van der Waals surface area (Å²) in [6.45, 7) is 5.02. The summed E-state index contributed by atoms with van der Waals surface area (Å²) in [6.07, 6.45) is 4.55. The van der Waals surface area contributed by atoms with Gasteiger partial charge in [0.1, 0.15) is 5.82 Å². The van der Waals surface area contributed by atoms with Gasteiger partial charge in [-0.25, -0.2) is 4.98 Å². The van der Waals surface area contributed by atoms with Gasteiger partial charge in [0.05, 0.1) is 29.9 Å². The summed E-state index contributed by atoms with van der Waals surface area (Å²) < 4.78 is 3.12. The largest absolute Gasteiger partial charge is 0.388 e. The number of carbonyl (C=O) groups is 1. The van der Waals surface area contributed by atoms with Crippen LogP contribution in [-0.4, -0.2) is 53.9 Å². The first kappa shape index (κ1) is 23.7. The van der Waals surface area contributed by atoms with Gasteiger partial charge >= 0.3 is 0 Å². The summed E-state index contributed by atoms with van der Waals surface area (Å²) in [7, 11) is 1.83. The number of anilines is 2. The number of hydrogen-bond acceptors (Lipinski definition) is 6. The summed E-state index contributed by atoms with van der Waals surface area (Å²) in [5.74, 6) is 0.664. The number of aliphatic hydroxyl groups is 1. The van der Waals surface area contributed by atoms with Gasteiger partial charge in [-0.1, -0.05) is 37.3 Å². The Morgan fingerprint density at radius 1 is 1.24 bits per heavy atom. The molecule has 1 amide bonds. The van der Waals surface area contributed by atoms with Gasteiger partial charge in [-0.15, -0.1) is 0 Å². The fourth-order valence-electron chi connectivity index (χ4n) is 4.41. The molecule has 1 aromatic carbocycles. The van der Waals surface area contributed by atoms with Crippen molar-refractivity contribution in [2.45, 2.75) is 51.2 Å². The first-order chi connectivity index (χ1) is 16.2. The van der Waals surface area contributed by atoms with E-state index in [4.69, 9.17) is 0 Å². The zero-order valence-electron chi connectivity index (χ0n) is 19.9. The molecule has 34 heavy (non-hydrogen) atoms. The van der Waals surface area contributed by atoms with E-state index < -0.39 is 5.60 Å². The second-order valence-corrected chi connectivity index (χ2v) is 9.29. The molecule has 4 rings (SSSR count). The van der Waals surface area contributed by atoms with Crippen LogP contribution in [0.25, 0.3) is 0 Å². The summed E-state index contributed by atoms with van der Waals surface area (Å²) in [4.78, 5) is 31.6. The van der Waals surface area contributed by atoms with Crippen LogP contribution >= 0.6 is 0 Å². The predicted molar refractivity (Wildman–Crippen MR) is 130 cm³/mol. The van der Waals surface area contributed by atoms with Crippen molar-refractivity contribution in [2.24, 2.45) is 7.05 Å². The zero-order valence-corrected chi connectivity index (χ0v) is 19.9. The third kappa shape index (κ3) is 5.53. The average molecular weight is 465 g/mol. The lowest BCUT2D eigenvalue weighted by Crippen LogP contribution is -2.49. The third-order valence-corrected chi connectivity index (χ3v) is 6.52. The molecule has 1 saturated heterocycles. The molecule has 9 nitrogen and oxygen atoms in total. The van der Waals surface area contributed by atoms with Crippen molar-refractivity contribution in [1.82, 2.24) is 24.2 Å². The maximum absolute atomic E-state index is 12.8. The van der Waals surface area contributed by atoms with Crippen molar-refractivity contribution in [2.75, 3.05) is 18.4 Å². The predicted octanol–water partition coefficient (Wildman–Crippen LogP) is 2.58. The van der Waals surface area contributed by atoms with Crippen LogP contribution in [0.3, 0.4) is 0 Å². The monoisotopic (exact) mass is 464 g/mol. The Hall–Kier alpha value is -3.46. The van der Waals surface area contributed by atoms with E-state index in [-0.39, 0.29) is 23.9 Å². The Bertz CT molecular complexity index is 1190. The van der Waals surface area contributed by atoms with Crippen molar-refractivity contribution < 1.29 is 9.90 Å². The normalized spacial score (nSPS) is 16.3. The fraction of sp³-hybridized carbons (Fsp3) is 0.440. The lowest BCUT2D eigenvalue weighted by molar-refractivity contribution is -0.136. The van der Waals surface area contributed by atoms with Gasteiger partial charge in [0.25, 0.3) is 5.56 Å². The zero-order chi connectivity index (χ0) is 24.3. The minimum Gasteiger partial charge on any atom is -0.388 e. The number of amides is 1. The lowest BCUT2D eigenvalue weighted by Gasteiger charge is -2.38. The highest BCUT2D eigenvalue weighted by Gasteiger charge is 2.34. The Morgan fingerprint density at radius 3 is 2.56 bits per heavy atom. The summed E-state index contributed by atoms with van der Waals surface area (Å²) >= 11 is 0. The van der Waals surface area contributed by atoms with Gasteiger partial charge in [0.2, 0.25) is 5.91 Å². The number of nitrogens with one attached hydrogen (secondary N) is 1. The van der Waals surface area contributed by atoms with Crippen LogP contribution in [0.1, 0.15) is 43.4 Å². The average Bonchev–Trinajstić information content (AvgIpc) is 3.13. The molecule has 1 aliphatic heterocycles. The van der Waals surface area contributed by atoms with E-state index in [1.54, 1.807) is 4.68 Å². The Kier molecular flexibility index (Phi) is 6.83. The number of benzene rings is 1. The molecular formula is C25H32N6O3. The first-order valence-corrected chi connectivity index (χ1v) is 11.6. The van der Waals surface area contributed by atoms with Gasteiger partial charge in [0, 0.05) is 38.8 Å². The molecule has 1 atom stereocenters. The van der Waals surface area contributed by atoms with E-state index in [1.165, 1.54) is 17.0 Å². The standard InChI is InChI=1S/C25H32N6O3/c1-18(20-7-5-4-6-8-20)13-23(32)30-11-9-25(34,10-12-30)16-31-17-26-22(14-24(31)33)27-21-15-29(3)28-19(21)2/h4-8,14-15,17-18,27,34H,9-13,16H2,1-3H3/t18-/m1/s1. The van der Waals surface area contributed by atoms with Crippen LogP contribution in [0.15, 0.2) is 53.7 Å². The van der Waals surface area contributed by atoms with E-state index in [0.29, 0.717) is 38.2 Å². The third-order valence-electron chi connectivity index (χ3n) is 6.52. The minimum absolute atomic E-state index is 0.0957. The lowest BCUT2D eigenvalue weighted by atomic mass is 9.90. The highest BCUT2D eigenvalue weighted by molar-refractivity contribution is 5.77.